The SMILES string of the molecule is C=CCCC(C)Nc1cc(Cl)c(OC)cc1OC. The Bertz CT molecular complexity index is 407. The van der Waals surface area contributed by atoms with Gasteiger partial charge in [-0.2, -0.15) is 0 Å². The van der Waals surface area contributed by atoms with Gasteiger partial charge in [0.15, 0.2) is 0 Å². The van der Waals surface area contributed by atoms with Crippen LogP contribution >= 0.6 is 11.6 Å². The lowest BCUT2D eigenvalue weighted by molar-refractivity contribution is 0.395. The van der Waals surface area contributed by atoms with E-state index in [4.69, 9.17) is 21.1 Å². The van der Waals surface area contributed by atoms with Crippen molar-refractivity contribution in [1.82, 2.24) is 0 Å². The summed E-state index contributed by atoms with van der Waals surface area (Å²) in [4.78, 5) is 0. The van der Waals surface area contributed by atoms with E-state index in [2.05, 4.69) is 18.8 Å². The smallest absolute Gasteiger partial charge is 0.145 e. The van der Waals surface area contributed by atoms with Gasteiger partial charge in [0.05, 0.1) is 24.9 Å². The topological polar surface area (TPSA) is 30.5 Å². The molecule has 0 radical (unpaired) electrons. The van der Waals surface area contributed by atoms with Crippen molar-refractivity contribution >= 4 is 17.3 Å². The van der Waals surface area contributed by atoms with Crippen LogP contribution in [0.3, 0.4) is 0 Å². The van der Waals surface area contributed by atoms with Crippen molar-refractivity contribution in [2.45, 2.75) is 25.8 Å². The molecule has 0 saturated heterocycles. The van der Waals surface area contributed by atoms with E-state index in [-0.39, 0.29) is 0 Å². The van der Waals surface area contributed by atoms with Crippen LogP contribution in [0.1, 0.15) is 19.8 Å². The molecule has 0 heterocycles. The highest BCUT2D eigenvalue weighted by molar-refractivity contribution is 6.32. The maximum atomic E-state index is 6.11. The summed E-state index contributed by atoms with van der Waals surface area (Å²) in [6.07, 6.45) is 3.90. The Morgan fingerprint density at radius 3 is 2.56 bits per heavy atom. The zero-order valence-corrected chi connectivity index (χ0v) is 11.9. The Morgan fingerprint density at radius 2 is 2.00 bits per heavy atom. The Balaban J connectivity index is 2.87. The van der Waals surface area contributed by atoms with Gasteiger partial charge >= 0.3 is 0 Å². The van der Waals surface area contributed by atoms with Gasteiger partial charge in [-0.25, -0.2) is 0 Å². The molecule has 0 saturated carbocycles. The van der Waals surface area contributed by atoms with Crippen LogP contribution in [0.2, 0.25) is 5.02 Å². The van der Waals surface area contributed by atoms with Gasteiger partial charge in [0.2, 0.25) is 0 Å². The van der Waals surface area contributed by atoms with Crippen LogP contribution in [0.5, 0.6) is 11.5 Å². The first-order chi connectivity index (χ1) is 8.62. The predicted octanol–water partition coefficient (Wildman–Crippen LogP) is 4.12. The van der Waals surface area contributed by atoms with Crippen LogP contribution in [0.25, 0.3) is 0 Å². The first-order valence-electron chi connectivity index (χ1n) is 5.91. The van der Waals surface area contributed by atoms with E-state index >= 15 is 0 Å². The molecule has 4 heteroatoms. The molecule has 0 spiro atoms. The minimum absolute atomic E-state index is 0.321. The van der Waals surface area contributed by atoms with Crippen molar-refractivity contribution in [3.63, 3.8) is 0 Å². The number of benzene rings is 1. The summed E-state index contributed by atoms with van der Waals surface area (Å²) in [5, 5.41) is 3.94. The van der Waals surface area contributed by atoms with Crippen molar-refractivity contribution in [2.24, 2.45) is 0 Å². The molecule has 0 aliphatic carbocycles. The van der Waals surface area contributed by atoms with E-state index in [0.717, 1.165) is 24.3 Å². The van der Waals surface area contributed by atoms with Gasteiger partial charge < -0.3 is 14.8 Å². The van der Waals surface area contributed by atoms with Crippen LogP contribution in [0.15, 0.2) is 24.8 Å². The molecular formula is C14H20ClNO2. The summed E-state index contributed by atoms with van der Waals surface area (Å²) in [7, 11) is 3.21. The van der Waals surface area contributed by atoms with E-state index in [0.29, 0.717) is 16.8 Å². The van der Waals surface area contributed by atoms with Gasteiger partial charge in [0.1, 0.15) is 11.5 Å². The second-order valence-electron chi connectivity index (χ2n) is 4.10. The molecule has 0 aliphatic heterocycles. The van der Waals surface area contributed by atoms with Crippen molar-refractivity contribution < 1.29 is 9.47 Å². The minimum atomic E-state index is 0.321. The monoisotopic (exact) mass is 269 g/mol. The molecule has 1 rings (SSSR count). The third kappa shape index (κ3) is 3.84. The van der Waals surface area contributed by atoms with E-state index in [1.165, 1.54) is 0 Å². The number of ether oxygens (including phenoxy) is 2. The standard InChI is InChI=1S/C14H20ClNO2/c1-5-6-7-10(2)16-12-8-11(15)13(17-3)9-14(12)18-4/h5,8-10,16H,1,6-7H2,2-4H3. The van der Waals surface area contributed by atoms with E-state index in [9.17, 15) is 0 Å². The van der Waals surface area contributed by atoms with Crippen LogP contribution in [-0.4, -0.2) is 20.3 Å². The average Bonchev–Trinajstić information content (AvgIpc) is 2.36. The molecule has 0 aromatic heterocycles. The molecule has 1 N–H and O–H groups in total. The molecule has 0 aliphatic rings. The third-order valence-corrected chi connectivity index (χ3v) is 2.97. The molecule has 1 unspecified atom stereocenters. The van der Waals surface area contributed by atoms with Gasteiger partial charge in [0.25, 0.3) is 0 Å². The summed E-state index contributed by atoms with van der Waals surface area (Å²) < 4.78 is 10.5. The van der Waals surface area contributed by atoms with Crippen molar-refractivity contribution in [3.8, 4) is 11.5 Å². The van der Waals surface area contributed by atoms with Gasteiger partial charge in [-0.1, -0.05) is 17.7 Å². The zero-order chi connectivity index (χ0) is 13.5. The van der Waals surface area contributed by atoms with E-state index in [1.807, 2.05) is 12.1 Å². The number of anilines is 1. The van der Waals surface area contributed by atoms with Gasteiger partial charge in [0, 0.05) is 12.1 Å². The summed E-state index contributed by atoms with van der Waals surface area (Å²) >= 11 is 6.11. The minimum Gasteiger partial charge on any atom is -0.495 e. The molecule has 0 fully saturated rings. The first kappa shape index (κ1) is 14.7. The summed E-state index contributed by atoms with van der Waals surface area (Å²) in [5.74, 6) is 1.33. The molecule has 1 aromatic rings. The largest absolute Gasteiger partial charge is 0.495 e. The lowest BCUT2D eigenvalue weighted by Gasteiger charge is -2.18. The highest BCUT2D eigenvalue weighted by Crippen LogP contribution is 2.36. The maximum absolute atomic E-state index is 6.11. The normalized spacial score (nSPS) is 11.8. The average molecular weight is 270 g/mol. The number of halogens is 1. The molecular weight excluding hydrogens is 250 g/mol. The molecule has 18 heavy (non-hydrogen) atoms. The fourth-order valence-electron chi connectivity index (χ4n) is 1.68. The maximum Gasteiger partial charge on any atom is 0.145 e. The van der Waals surface area contributed by atoms with Crippen molar-refractivity contribution in [3.05, 3.63) is 29.8 Å². The van der Waals surface area contributed by atoms with Gasteiger partial charge in [-0.3, -0.25) is 0 Å². The molecule has 3 nitrogen and oxygen atoms in total. The Hall–Kier alpha value is -1.35. The first-order valence-corrected chi connectivity index (χ1v) is 6.29. The van der Waals surface area contributed by atoms with Crippen LogP contribution in [0.4, 0.5) is 5.69 Å². The van der Waals surface area contributed by atoms with Gasteiger partial charge in [-0.05, 0) is 25.8 Å². The Kier molecular flexibility index (Phi) is 5.86. The number of methoxy groups -OCH3 is 2. The van der Waals surface area contributed by atoms with Crippen LogP contribution < -0.4 is 14.8 Å². The third-order valence-electron chi connectivity index (χ3n) is 2.68. The fourth-order valence-corrected chi connectivity index (χ4v) is 1.92. The van der Waals surface area contributed by atoms with Crippen LogP contribution in [0, 0.1) is 0 Å². The van der Waals surface area contributed by atoms with E-state index < -0.39 is 0 Å². The molecule has 0 bridgehead atoms. The Morgan fingerprint density at radius 1 is 1.33 bits per heavy atom. The summed E-state index contributed by atoms with van der Waals surface area (Å²) in [6, 6.07) is 3.93. The zero-order valence-electron chi connectivity index (χ0n) is 11.1. The van der Waals surface area contributed by atoms with Gasteiger partial charge in [-0.15, -0.1) is 6.58 Å². The van der Waals surface area contributed by atoms with Crippen LogP contribution in [-0.2, 0) is 0 Å². The second kappa shape index (κ2) is 7.17. The second-order valence-corrected chi connectivity index (χ2v) is 4.51. The highest BCUT2D eigenvalue weighted by Gasteiger charge is 2.11. The number of nitrogens with one attached hydrogen (secondary N) is 1. The number of hydrogen-bond acceptors (Lipinski definition) is 3. The predicted molar refractivity (Wildman–Crippen MR) is 77.1 cm³/mol. The number of rotatable bonds is 7. The Labute approximate surface area is 114 Å². The molecule has 100 valence electrons. The molecule has 1 atom stereocenters. The van der Waals surface area contributed by atoms with Crippen molar-refractivity contribution in [1.29, 1.82) is 0 Å². The number of hydrogen-bond donors (Lipinski definition) is 1. The quantitative estimate of drug-likeness (QED) is 0.755. The van der Waals surface area contributed by atoms with E-state index in [1.54, 1.807) is 20.3 Å². The lowest BCUT2D eigenvalue weighted by Crippen LogP contribution is -2.15. The highest BCUT2D eigenvalue weighted by atomic mass is 35.5. The lowest BCUT2D eigenvalue weighted by atomic mass is 10.1. The summed E-state index contributed by atoms with van der Waals surface area (Å²) in [6.45, 7) is 5.83. The van der Waals surface area contributed by atoms with Crippen molar-refractivity contribution in [2.75, 3.05) is 19.5 Å². The molecule has 0 amide bonds. The summed E-state index contributed by atoms with van der Waals surface area (Å²) in [5.41, 5.74) is 0.875. The molecule has 1 aromatic carbocycles. The fraction of sp³-hybridized carbons (Fsp3) is 0.429. The number of allylic oxidation sites excluding steroid dienone is 1.